The number of para-hydroxylation sites is 1. The molecule has 1 atom stereocenters. The van der Waals surface area contributed by atoms with Crippen LogP contribution in [0.3, 0.4) is 0 Å². The number of carbonyl (C=O) groups excluding carboxylic acids is 1. The van der Waals surface area contributed by atoms with E-state index in [1.165, 1.54) is 0 Å². The van der Waals surface area contributed by atoms with Crippen molar-refractivity contribution in [3.05, 3.63) is 66.6 Å². The molecule has 2 aromatic heterocycles. The average Bonchev–Trinajstić information content (AvgIpc) is 3.37. The van der Waals surface area contributed by atoms with E-state index in [9.17, 15) is 4.79 Å². The average molecular weight is 378 g/mol. The van der Waals surface area contributed by atoms with Gasteiger partial charge < -0.3 is 14.4 Å². The van der Waals surface area contributed by atoms with Gasteiger partial charge in [-0.3, -0.25) is 4.79 Å². The number of aromatic nitrogens is 3. The molecule has 3 heterocycles. The van der Waals surface area contributed by atoms with Gasteiger partial charge in [0.05, 0.1) is 25.0 Å². The third kappa shape index (κ3) is 3.83. The van der Waals surface area contributed by atoms with Crippen LogP contribution in [0.15, 0.2) is 60.9 Å². The minimum absolute atomic E-state index is 0.0781. The zero-order valence-electron chi connectivity index (χ0n) is 15.7. The van der Waals surface area contributed by atoms with Crippen LogP contribution in [0.5, 0.6) is 11.6 Å². The fraction of sp³-hybridized carbons (Fsp3) is 0.286. The van der Waals surface area contributed by atoms with Crippen molar-refractivity contribution in [2.24, 2.45) is 0 Å². The number of hydrogen-bond donors (Lipinski definition) is 0. The molecule has 0 saturated carbocycles. The quantitative estimate of drug-likeness (QED) is 0.660. The van der Waals surface area contributed by atoms with E-state index in [1.54, 1.807) is 22.0 Å². The highest BCUT2D eigenvalue weighted by molar-refractivity contribution is 5.95. The number of nitrogens with zero attached hydrogens (tertiary/aromatic N) is 4. The number of rotatable bonds is 6. The van der Waals surface area contributed by atoms with Gasteiger partial charge in [-0.25, -0.2) is 9.67 Å². The van der Waals surface area contributed by atoms with Crippen LogP contribution in [0.25, 0.3) is 5.69 Å². The molecular weight excluding hydrogens is 356 g/mol. The van der Waals surface area contributed by atoms with Crippen molar-refractivity contribution in [2.75, 3.05) is 19.7 Å². The highest BCUT2D eigenvalue weighted by atomic mass is 16.5. The monoisotopic (exact) mass is 378 g/mol. The SMILES string of the molecule is CCOc1cn(-c2ccccc2)nc1C(=O)N1CCC(Oc2ccccn2)C1. The Kier molecular flexibility index (Phi) is 5.23. The third-order valence-electron chi connectivity index (χ3n) is 4.56. The van der Waals surface area contributed by atoms with Crippen molar-refractivity contribution in [3.63, 3.8) is 0 Å². The standard InChI is InChI=1S/C21H22N4O3/c1-2-27-18-15-25(16-8-4-3-5-9-16)23-20(18)21(26)24-13-11-17(14-24)28-19-10-6-7-12-22-19/h3-10,12,15,17H,2,11,13-14H2,1H3. The Morgan fingerprint density at radius 2 is 2.00 bits per heavy atom. The molecular formula is C21H22N4O3. The van der Waals surface area contributed by atoms with Gasteiger partial charge >= 0.3 is 0 Å². The second-order valence-corrected chi connectivity index (χ2v) is 6.50. The molecule has 0 spiro atoms. The van der Waals surface area contributed by atoms with E-state index < -0.39 is 0 Å². The maximum atomic E-state index is 13.1. The van der Waals surface area contributed by atoms with Crippen molar-refractivity contribution >= 4 is 5.91 Å². The van der Waals surface area contributed by atoms with Gasteiger partial charge in [-0.15, -0.1) is 0 Å². The van der Waals surface area contributed by atoms with Crippen molar-refractivity contribution in [3.8, 4) is 17.3 Å². The maximum absolute atomic E-state index is 13.1. The zero-order chi connectivity index (χ0) is 19.3. The predicted molar refractivity (Wildman–Crippen MR) is 104 cm³/mol. The van der Waals surface area contributed by atoms with Gasteiger partial charge in [-0.2, -0.15) is 5.10 Å². The van der Waals surface area contributed by atoms with E-state index in [2.05, 4.69) is 10.1 Å². The first-order valence-corrected chi connectivity index (χ1v) is 9.39. The summed E-state index contributed by atoms with van der Waals surface area (Å²) in [7, 11) is 0. The van der Waals surface area contributed by atoms with Crippen molar-refractivity contribution in [1.82, 2.24) is 19.7 Å². The number of likely N-dealkylation sites (tertiary alicyclic amines) is 1. The van der Waals surface area contributed by atoms with Crippen LogP contribution < -0.4 is 9.47 Å². The highest BCUT2D eigenvalue weighted by Crippen LogP contribution is 2.24. The Hall–Kier alpha value is -3.35. The lowest BCUT2D eigenvalue weighted by molar-refractivity contribution is 0.0761. The summed E-state index contributed by atoms with van der Waals surface area (Å²) in [5, 5.41) is 4.50. The van der Waals surface area contributed by atoms with E-state index in [1.807, 2.05) is 55.5 Å². The maximum Gasteiger partial charge on any atom is 0.278 e. The van der Waals surface area contributed by atoms with E-state index in [0.29, 0.717) is 37.0 Å². The molecule has 28 heavy (non-hydrogen) atoms. The van der Waals surface area contributed by atoms with Gasteiger partial charge in [0, 0.05) is 25.2 Å². The van der Waals surface area contributed by atoms with Gasteiger partial charge in [-0.05, 0) is 25.1 Å². The summed E-state index contributed by atoms with van der Waals surface area (Å²) < 4.78 is 13.2. The van der Waals surface area contributed by atoms with Crippen molar-refractivity contribution in [1.29, 1.82) is 0 Å². The van der Waals surface area contributed by atoms with Gasteiger partial charge in [0.2, 0.25) is 5.88 Å². The fourth-order valence-corrected chi connectivity index (χ4v) is 3.23. The Morgan fingerprint density at radius 1 is 1.18 bits per heavy atom. The molecule has 1 aliphatic heterocycles. The van der Waals surface area contributed by atoms with E-state index >= 15 is 0 Å². The minimum atomic E-state index is -0.148. The summed E-state index contributed by atoms with van der Waals surface area (Å²) in [4.78, 5) is 19.0. The summed E-state index contributed by atoms with van der Waals surface area (Å²) in [6.45, 7) is 3.46. The van der Waals surface area contributed by atoms with Crippen molar-refractivity contribution < 1.29 is 14.3 Å². The molecule has 4 rings (SSSR count). The van der Waals surface area contributed by atoms with Crippen LogP contribution in [-0.2, 0) is 0 Å². The van der Waals surface area contributed by atoms with Gasteiger partial charge in [0.1, 0.15) is 6.10 Å². The molecule has 1 saturated heterocycles. The number of pyridine rings is 1. The Labute approximate surface area is 163 Å². The van der Waals surface area contributed by atoms with Gasteiger partial charge in [-0.1, -0.05) is 24.3 Å². The summed E-state index contributed by atoms with van der Waals surface area (Å²) in [6, 6.07) is 15.2. The van der Waals surface area contributed by atoms with Crippen LogP contribution >= 0.6 is 0 Å². The Bertz CT molecular complexity index is 927. The molecule has 0 radical (unpaired) electrons. The summed E-state index contributed by atoms with van der Waals surface area (Å²) >= 11 is 0. The number of benzene rings is 1. The second-order valence-electron chi connectivity index (χ2n) is 6.50. The second kappa shape index (κ2) is 8.12. The molecule has 0 bridgehead atoms. The number of carbonyl (C=O) groups is 1. The Balaban J connectivity index is 1.50. The van der Waals surface area contributed by atoms with Crippen LogP contribution in [0.4, 0.5) is 0 Å². The molecule has 1 fully saturated rings. The van der Waals surface area contributed by atoms with Gasteiger partial charge in [0.15, 0.2) is 11.4 Å². The number of amides is 1. The first-order valence-electron chi connectivity index (χ1n) is 9.39. The zero-order valence-corrected chi connectivity index (χ0v) is 15.7. The molecule has 1 amide bonds. The molecule has 7 heteroatoms. The van der Waals surface area contributed by atoms with Gasteiger partial charge in [0.25, 0.3) is 5.91 Å². The lowest BCUT2D eigenvalue weighted by Crippen LogP contribution is -2.31. The normalized spacial score (nSPS) is 16.2. The molecule has 0 aliphatic carbocycles. The molecule has 7 nitrogen and oxygen atoms in total. The lowest BCUT2D eigenvalue weighted by Gasteiger charge is -2.16. The topological polar surface area (TPSA) is 69.5 Å². The lowest BCUT2D eigenvalue weighted by atomic mass is 10.3. The fourth-order valence-electron chi connectivity index (χ4n) is 3.23. The van der Waals surface area contributed by atoms with Crippen LogP contribution in [0, 0.1) is 0 Å². The molecule has 0 N–H and O–H groups in total. The summed E-state index contributed by atoms with van der Waals surface area (Å²) in [6.07, 6.45) is 4.12. The molecule has 144 valence electrons. The van der Waals surface area contributed by atoms with E-state index in [-0.39, 0.29) is 12.0 Å². The summed E-state index contributed by atoms with van der Waals surface area (Å²) in [5.41, 5.74) is 1.20. The minimum Gasteiger partial charge on any atom is -0.490 e. The first-order chi connectivity index (χ1) is 13.7. The molecule has 1 unspecified atom stereocenters. The number of ether oxygens (including phenoxy) is 2. The predicted octanol–water partition coefficient (Wildman–Crippen LogP) is 2.96. The molecule has 3 aromatic rings. The van der Waals surface area contributed by atoms with Crippen LogP contribution in [0.2, 0.25) is 0 Å². The van der Waals surface area contributed by atoms with E-state index in [4.69, 9.17) is 9.47 Å². The molecule has 1 aliphatic rings. The van der Waals surface area contributed by atoms with Crippen LogP contribution in [-0.4, -0.2) is 51.4 Å². The van der Waals surface area contributed by atoms with Crippen molar-refractivity contribution in [2.45, 2.75) is 19.4 Å². The Morgan fingerprint density at radius 3 is 2.75 bits per heavy atom. The van der Waals surface area contributed by atoms with E-state index in [0.717, 1.165) is 12.1 Å². The highest BCUT2D eigenvalue weighted by Gasteiger charge is 2.32. The smallest absolute Gasteiger partial charge is 0.278 e. The first kappa shape index (κ1) is 18.0. The summed E-state index contributed by atoms with van der Waals surface area (Å²) in [5.74, 6) is 0.917. The molecule has 1 aromatic carbocycles. The largest absolute Gasteiger partial charge is 0.490 e. The number of hydrogen-bond acceptors (Lipinski definition) is 5. The third-order valence-corrected chi connectivity index (χ3v) is 4.56. The van der Waals surface area contributed by atoms with Crippen LogP contribution in [0.1, 0.15) is 23.8 Å².